The number of halogens is 3. The lowest BCUT2D eigenvalue weighted by atomic mass is 9.92. The van der Waals surface area contributed by atoms with E-state index in [1.54, 1.807) is 0 Å². The zero-order chi connectivity index (χ0) is 15.7. The normalized spacial score (nSPS) is 29.1. The molecule has 0 N–H and O–H groups in total. The van der Waals surface area contributed by atoms with Crippen LogP contribution in [0.4, 0.5) is 4.39 Å². The van der Waals surface area contributed by atoms with Crippen LogP contribution in [-0.4, -0.2) is 29.6 Å². The number of amides is 1. The second-order valence-corrected chi connectivity index (χ2v) is 7.69. The summed E-state index contributed by atoms with van der Waals surface area (Å²) in [7, 11) is 0. The molecule has 0 spiro atoms. The van der Waals surface area contributed by atoms with Crippen molar-refractivity contribution < 1.29 is 9.18 Å². The first-order valence-corrected chi connectivity index (χ1v) is 9.10. The Kier molecular flexibility index (Phi) is 5.08. The van der Waals surface area contributed by atoms with Crippen LogP contribution in [0.25, 0.3) is 0 Å². The Morgan fingerprint density at radius 3 is 2.64 bits per heavy atom. The summed E-state index contributed by atoms with van der Waals surface area (Å²) < 4.78 is 14.2. The molecule has 1 heterocycles. The van der Waals surface area contributed by atoms with Crippen molar-refractivity contribution in [3.63, 3.8) is 0 Å². The molecule has 2 fully saturated rings. The molecule has 3 rings (SSSR count). The molecule has 2 nitrogen and oxygen atoms in total. The Labute approximate surface area is 144 Å². The maximum absolute atomic E-state index is 13.3. The van der Waals surface area contributed by atoms with Crippen LogP contribution in [0.2, 0.25) is 5.02 Å². The highest BCUT2D eigenvalue weighted by Crippen LogP contribution is 2.32. The first-order valence-electron chi connectivity index (χ1n) is 7.93. The molecule has 5 heteroatoms. The molecule has 22 heavy (non-hydrogen) atoms. The lowest BCUT2D eigenvalue weighted by Crippen LogP contribution is -2.40. The number of hydrogen-bond acceptors (Lipinski definition) is 1. The SMILES string of the molecule is O=C1C(Cc2ccc(Br)cc2Cl)CCN1C1CCC(F)CC1. The maximum atomic E-state index is 13.3. The summed E-state index contributed by atoms with van der Waals surface area (Å²) >= 11 is 9.66. The fourth-order valence-electron chi connectivity index (χ4n) is 3.61. The lowest BCUT2D eigenvalue weighted by molar-refractivity contribution is -0.133. The van der Waals surface area contributed by atoms with Gasteiger partial charge in [0.2, 0.25) is 5.91 Å². The lowest BCUT2D eigenvalue weighted by Gasteiger charge is -2.32. The second-order valence-electron chi connectivity index (χ2n) is 6.36. The van der Waals surface area contributed by atoms with Gasteiger partial charge in [0.25, 0.3) is 0 Å². The van der Waals surface area contributed by atoms with Gasteiger partial charge in [-0.2, -0.15) is 0 Å². The summed E-state index contributed by atoms with van der Waals surface area (Å²) in [6.07, 6.45) is 3.69. The van der Waals surface area contributed by atoms with Gasteiger partial charge in [0.1, 0.15) is 6.17 Å². The van der Waals surface area contributed by atoms with Crippen molar-refractivity contribution >= 4 is 33.4 Å². The smallest absolute Gasteiger partial charge is 0.226 e. The third kappa shape index (κ3) is 3.48. The van der Waals surface area contributed by atoms with Crippen molar-refractivity contribution in [3.05, 3.63) is 33.3 Å². The van der Waals surface area contributed by atoms with Gasteiger partial charge in [0, 0.05) is 28.0 Å². The third-order valence-electron chi connectivity index (χ3n) is 4.90. The van der Waals surface area contributed by atoms with Crippen LogP contribution >= 0.6 is 27.5 Å². The highest BCUT2D eigenvalue weighted by atomic mass is 79.9. The quantitative estimate of drug-likeness (QED) is 0.730. The van der Waals surface area contributed by atoms with E-state index in [2.05, 4.69) is 15.9 Å². The number of likely N-dealkylation sites (tertiary alicyclic amines) is 1. The molecule has 1 saturated carbocycles. The Hall–Kier alpha value is -0.610. The number of benzene rings is 1. The fourth-order valence-corrected chi connectivity index (χ4v) is 4.37. The molecule has 1 aromatic carbocycles. The van der Waals surface area contributed by atoms with E-state index in [9.17, 15) is 9.18 Å². The zero-order valence-electron chi connectivity index (χ0n) is 12.4. The van der Waals surface area contributed by atoms with E-state index >= 15 is 0 Å². The molecular weight excluding hydrogens is 369 g/mol. The predicted molar refractivity (Wildman–Crippen MR) is 89.8 cm³/mol. The molecule has 120 valence electrons. The van der Waals surface area contributed by atoms with Crippen LogP contribution in [0.1, 0.15) is 37.7 Å². The number of carbonyl (C=O) groups excluding carboxylic acids is 1. The molecule has 0 radical (unpaired) electrons. The van der Waals surface area contributed by atoms with Crippen molar-refractivity contribution in [3.8, 4) is 0 Å². The van der Waals surface area contributed by atoms with Gasteiger partial charge in [-0.05, 0) is 56.2 Å². The first kappa shape index (κ1) is 16.3. The van der Waals surface area contributed by atoms with Crippen molar-refractivity contribution in [2.24, 2.45) is 5.92 Å². The molecule has 1 aromatic rings. The zero-order valence-corrected chi connectivity index (χ0v) is 14.7. The Balaban J connectivity index is 1.63. The molecule has 1 unspecified atom stereocenters. The average Bonchev–Trinajstić information content (AvgIpc) is 2.84. The summed E-state index contributed by atoms with van der Waals surface area (Å²) in [5.41, 5.74) is 1.03. The van der Waals surface area contributed by atoms with Crippen LogP contribution in [0.15, 0.2) is 22.7 Å². The van der Waals surface area contributed by atoms with Crippen molar-refractivity contribution in [1.29, 1.82) is 0 Å². The number of hydrogen-bond donors (Lipinski definition) is 0. The monoisotopic (exact) mass is 387 g/mol. The van der Waals surface area contributed by atoms with E-state index in [1.165, 1.54) is 0 Å². The number of nitrogens with zero attached hydrogens (tertiary/aromatic N) is 1. The fraction of sp³-hybridized carbons (Fsp3) is 0.588. The topological polar surface area (TPSA) is 20.3 Å². The Morgan fingerprint density at radius 2 is 1.95 bits per heavy atom. The number of alkyl halides is 1. The molecule has 1 aliphatic heterocycles. The van der Waals surface area contributed by atoms with Crippen molar-refractivity contribution in [1.82, 2.24) is 4.90 Å². The first-order chi connectivity index (χ1) is 10.5. The van der Waals surface area contributed by atoms with Crippen LogP contribution < -0.4 is 0 Å². The summed E-state index contributed by atoms with van der Waals surface area (Å²) in [4.78, 5) is 14.6. The highest BCUT2D eigenvalue weighted by Gasteiger charge is 2.37. The molecule has 1 saturated heterocycles. The van der Waals surface area contributed by atoms with E-state index in [0.29, 0.717) is 24.3 Å². The maximum Gasteiger partial charge on any atom is 0.226 e. The molecular formula is C17H20BrClFNO. The largest absolute Gasteiger partial charge is 0.339 e. The van der Waals surface area contributed by atoms with Gasteiger partial charge in [0.05, 0.1) is 0 Å². The molecule has 1 amide bonds. The van der Waals surface area contributed by atoms with Crippen LogP contribution in [-0.2, 0) is 11.2 Å². The third-order valence-corrected chi connectivity index (χ3v) is 5.74. The summed E-state index contributed by atoms with van der Waals surface area (Å²) in [5.74, 6) is 0.239. The van der Waals surface area contributed by atoms with Crippen LogP contribution in [0.3, 0.4) is 0 Å². The minimum atomic E-state index is -0.675. The van der Waals surface area contributed by atoms with Crippen molar-refractivity contribution in [2.75, 3.05) is 6.54 Å². The van der Waals surface area contributed by atoms with E-state index in [1.807, 2.05) is 23.1 Å². The van der Waals surface area contributed by atoms with Gasteiger partial charge in [-0.25, -0.2) is 4.39 Å². The standard InChI is InChI=1S/C17H20BrClFNO/c18-13-2-1-11(16(19)10-13)9-12-7-8-21(17(12)22)15-5-3-14(20)4-6-15/h1-2,10,12,14-15H,3-9H2. The minimum Gasteiger partial charge on any atom is -0.339 e. The molecule has 2 aliphatic rings. The average molecular weight is 389 g/mol. The minimum absolute atomic E-state index is 0.0155. The second kappa shape index (κ2) is 6.88. The van der Waals surface area contributed by atoms with Gasteiger partial charge in [-0.1, -0.05) is 33.6 Å². The highest BCUT2D eigenvalue weighted by molar-refractivity contribution is 9.10. The molecule has 0 aromatic heterocycles. The van der Waals surface area contributed by atoms with Crippen LogP contribution in [0, 0.1) is 5.92 Å². The summed E-state index contributed by atoms with van der Waals surface area (Å²) in [6, 6.07) is 6.05. The van der Waals surface area contributed by atoms with Crippen LogP contribution in [0.5, 0.6) is 0 Å². The van der Waals surface area contributed by atoms with Gasteiger partial charge in [0.15, 0.2) is 0 Å². The van der Waals surface area contributed by atoms with Gasteiger partial charge >= 0.3 is 0 Å². The van der Waals surface area contributed by atoms with Gasteiger partial charge < -0.3 is 4.90 Å². The summed E-state index contributed by atoms with van der Waals surface area (Å²) in [6.45, 7) is 0.805. The molecule has 0 bridgehead atoms. The van der Waals surface area contributed by atoms with E-state index in [4.69, 9.17) is 11.6 Å². The van der Waals surface area contributed by atoms with E-state index in [-0.39, 0.29) is 17.9 Å². The predicted octanol–water partition coefficient (Wildman–Crippen LogP) is 4.77. The van der Waals surface area contributed by atoms with Gasteiger partial charge in [-0.3, -0.25) is 4.79 Å². The number of rotatable bonds is 3. The Bertz CT molecular complexity index is 560. The number of carbonyl (C=O) groups is 1. The summed E-state index contributed by atoms with van der Waals surface area (Å²) in [5, 5.41) is 0.707. The Morgan fingerprint density at radius 1 is 1.23 bits per heavy atom. The molecule has 1 atom stereocenters. The van der Waals surface area contributed by atoms with E-state index in [0.717, 1.165) is 35.8 Å². The molecule has 1 aliphatic carbocycles. The van der Waals surface area contributed by atoms with Gasteiger partial charge in [-0.15, -0.1) is 0 Å². The van der Waals surface area contributed by atoms with E-state index < -0.39 is 6.17 Å². The van der Waals surface area contributed by atoms with Crippen molar-refractivity contribution in [2.45, 2.75) is 50.7 Å².